The van der Waals surface area contributed by atoms with Crippen LogP contribution < -0.4 is 14.9 Å². The van der Waals surface area contributed by atoms with Gasteiger partial charge in [0.15, 0.2) is 0 Å². The first-order valence-electron chi connectivity index (χ1n) is 9.98. The quantitative estimate of drug-likeness (QED) is 0.203. The molecule has 0 spiro atoms. The third-order valence-electron chi connectivity index (χ3n) is 4.54. The van der Waals surface area contributed by atoms with Crippen LogP contribution in [0, 0.1) is 6.92 Å². The first kappa shape index (κ1) is 26.7. The predicted octanol–water partition coefficient (Wildman–Crippen LogP) is 4.77. The number of rotatable bonds is 6. The van der Waals surface area contributed by atoms with Crippen molar-refractivity contribution in [2.75, 3.05) is 0 Å². The van der Waals surface area contributed by atoms with Crippen LogP contribution in [0.2, 0.25) is 5.02 Å². The molecule has 3 aromatic rings. The Morgan fingerprint density at radius 1 is 0.861 bits per heavy atom. The van der Waals surface area contributed by atoms with Gasteiger partial charge < -0.3 is 4.18 Å². The average Bonchev–Trinajstić information content (AvgIpc) is 2.80. The van der Waals surface area contributed by atoms with E-state index in [4.69, 9.17) is 11.6 Å². The van der Waals surface area contributed by atoms with Gasteiger partial charge in [0.05, 0.1) is 5.71 Å². The Balaban J connectivity index is 1.83. The Bertz CT molecular complexity index is 1390. The number of halogens is 4. The normalized spacial score (nSPS) is 12.1. The number of nitrogens with one attached hydrogen (secondary N) is 2. The van der Waals surface area contributed by atoms with E-state index in [-0.39, 0.29) is 16.8 Å². The molecule has 3 amide bonds. The zero-order valence-electron chi connectivity index (χ0n) is 18.3. The molecule has 0 saturated heterocycles. The summed E-state index contributed by atoms with van der Waals surface area (Å²) in [5.41, 5.74) is -1.36. The van der Waals surface area contributed by atoms with Crippen molar-refractivity contribution in [1.82, 2.24) is 10.7 Å². The first-order chi connectivity index (χ1) is 16.9. The van der Waals surface area contributed by atoms with Crippen LogP contribution in [-0.4, -0.2) is 31.6 Å². The van der Waals surface area contributed by atoms with Crippen molar-refractivity contribution in [3.05, 3.63) is 100 Å². The van der Waals surface area contributed by atoms with Gasteiger partial charge in [-0.2, -0.15) is 26.7 Å². The number of carbonyl (C=O) groups excluding carboxylic acids is 2. The van der Waals surface area contributed by atoms with Crippen molar-refractivity contribution in [1.29, 1.82) is 0 Å². The fraction of sp³-hybridized carbons (Fsp3) is 0.0870. The number of hydrazone groups is 1. The Hall–Kier alpha value is -3.90. The maximum absolute atomic E-state index is 12.6. The van der Waals surface area contributed by atoms with Crippen molar-refractivity contribution < 1.29 is 35.4 Å². The molecule has 2 N–H and O–H groups in total. The smallest absolute Gasteiger partial charge is 0.376 e. The molecule has 8 nitrogen and oxygen atoms in total. The fourth-order valence-electron chi connectivity index (χ4n) is 2.76. The highest BCUT2D eigenvalue weighted by Crippen LogP contribution is 2.27. The number of carbonyl (C=O) groups is 2. The number of amides is 3. The molecule has 13 heteroatoms. The van der Waals surface area contributed by atoms with E-state index in [1.165, 1.54) is 12.1 Å². The highest BCUT2D eigenvalue weighted by molar-refractivity contribution is 7.88. The number of benzene rings is 3. The van der Waals surface area contributed by atoms with Crippen LogP contribution in [0.4, 0.5) is 18.0 Å². The number of urea groups is 1. The molecule has 0 unspecified atom stereocenters. The van der Waals surface area contributed by atoms with E-state index in [9.17, 15) is 31.2 Å². The number of imide groups is 1. The summed E-state index contributed by atoms with van der Waals surface area (Å²) in [7, 11) is -5.84. The molecule has 0 aromatic heterocycles. The van der Waals surface area contributed by atoms with Gasteiger partial charge in [0.2, 0.25) is 0 Å². The molecule has 0 aliphatic heterocycles. The van der Waals surface area contributed by atoms with Crippen molar-refractivity contribution >= 4 is 39.4 Å². The van der Waals surface area contributed by atoms with Gasteiger partial charge in [0, 0.05) is 21.7 Å². The molecule has 0 heterocycles. The van der Waals surface area contributed by atoms with E-state index in [1.54, 1.807) is 48.5 Å². The maximum atomic E-state index is 12.6. The SMILES string of the molecule is Cc1ccc(C(=O)NC(=O)N/N=C(\c2ccc(Cl)cc2)c2ccc(OS(=O)(=O)C(F)(F)F)cc2)cc1. The van der Waals surface area contributed by atoms with Gasteiger partial charge in [0.1, 0.15) is 5.75 Å². The number of alkyl halides is 3. The van der Waals surface area contributed by atoms with Crippen LogP contribution in [0.5, 0.6) is 5.75 Å². The molecular weight excluding hydrogens is 523 g/mol. The van der Waals surface area contributed by atoms with Crippen LogP contribution in [0.25, 0.3) is 0 Å². The highest BCUT2D eigenvalue weighted by Gasteiger charge is 2.48. The molecular formula is C23H17ClF3N3O5S. The van der Waals surface area contributed by atoms with Gasteiger partial charge in [-0.05, 0) is 55.5 Å². The minimum Gasteiger partial charge on any atom is -0.376 e. The standard InChI is InChI=1S/C23H17ClF3N3O5S/c1-14-2-4-17(5-3-14)21(31)28-22(32)30-29-20(15-6-10-18(24)11-7-15)16-8-12-19(13-9-16)35-36(33,34)23(25,26)27/h2-13H,1H3,(H2,28,30,31,32)/b29-20+. The number of hydrogen-bond acceptors (Lipinski definition) is 6. The Labute approximate surface area is 208 Å². The summed E-state index contributed by atoms with van der Waals surface area (Å²) in [6.07, 6.45) is 0. The summed E-state index contributed by atoms with van der Waals surface area (Å²) in [6.45, 7) is 1.84. The highest BCUT2D eigenvalue weighted by atomic mass is 35.5. The summed E-state index contributed by atoms with van der Waals surface area (Å²) >= 11 is 5.91. The molecule has 0 aliphatic rings. The third-order valence-corrected chi connectivity index (χ3v) is 5.78. The van der Waals surface area contributed by atoms with Crippen LogP contribution >= 0.6 is 11.6 Å². The van der Waals surface area contributed by atoms with E-state index in [0.717, 1.165) is 17.7 Å². The minimum absolute atomic E-state index is 0.134. The largest absolute Gasteiger partial charge is 0.534 e. The number of hydrogen-bond donors (Lipinski definition) is 2. The van der Waals surface area contributed by atoms with Gasteiger partial charge in [-0.25, -0.2) is 10.2 Å². The summed E-state index contributed by atoms with van der Waals surface area (Å²) in [4.78, 5) is 24.5. The molecule has 0 fully saturated rings. The molecule has 0 atom stereocenters. The Kier molecular flexibility index (Phi) is 8.00. The molecule has 3 rings (SSSR count). The lowest BCUT2D eigenvalue weighted by Gasteiger charge is -2.11. The lowest BCUT2D eigenvalue weighted by atomic mass is 10.0. The van der Waals surface area contributed by atoms with E-state index >= 15 is 0 Å². The van der Waals surface area contributed by atoms with E-state index in [1.807, 2.05) is 6.92 Å². The van der Waals surface area contributed by atoms with Crippen LogP contribution in [0.15, 0.2) is 77.9 Å². The molecule has 0 saturated carbocycles. The minimum atomic E-state index is -5.84. The maximum Gasteiger partial charge on any atom is 0.534 e. The van der Waals surface area contributed by atoms with Gasteiger partial charge in [0.25, 0.3) is 5.91 Å². The molecule has 0 radical (unpaired) electrons. The lowest BCUT2D eigenvalue weighted by molar-refractivity contribution is -0.0500. The zero-order valence-corrected chi connectivity index (χ0v) is 19.9. The van der Waals surface area contributed by atoms with E-state index < -0.39 is 33.3 Å². The molecule has 36 heavy (non-hydrogen) atoms. The predicted molar refractivity (Wildman–Crippen MR) is 126 cm³/mol. The first-order valence-corrected chi connectivity index (χ1v) is 11.8. The van der Waals surface area contributed by atoms with Crippen LogP contribution in [-0.2, 0) is 10.1 Å². The lowest BCUT2D eigenvalue weighted by Crippen LogP contribution is -2.37. The van der Waals surface area contributed by atoms with Crippen LogP contribution in [0.3, 0.4) is 0 Å². The fourth-order valence-corrected chi connectivity index (χ4v) is 3.35. The second-order valence-electron chi connectivity index (χ2n) is 7.24. The Morgan fingerprint density at radius 2 is 1.36 bits per heavy atom. The monoisotopic (exact) mass is 539 g/mol. The second-order valence-corrected chi connectivity index (χ2v) is 9.21. The molecule has 188 valence electrons. The second kappa shape index (κ2) is 10.8. The van der Waals surface area contributed by atoms with Crippen molar-refractivity contribution in [3.63, 3.8) is 0 Å². The molecule has 0 bridgehead atoms. The van der Waals surface area contributed by atoms with Gasteiger partial charge in [-0.1, -0.05) is 41.4 Å². The average molecular weight is 540 g/mol. The van der Waals surface area contributed by atoms with E-state index in [2.05, 4.69) is 20.0 Å². The number of aryl methyl sites for hydroxylation is 1. The number of nitrogens with zero attached hydrogens (tertiary/aromatic N) is 1. The third kappa shape index (κ3) is 6.83. The molecule has 3 aromatic carbocycles. The van der Waals surface area contributed by atoms with Crippen molar-refractivity contribution in [2.45, 2.75) is 12.4 Å². The summed E-state index contributed by atoms with van der Waals surface area (Å²) in [6, 6.07) is 16.2. The molecule has 0 aliphatic carbocycles. The van der Waals surface area contributed by atoms with Gasteiger partial charge >= 0.3 is 21.7 Å². The summed E-state index contributed by atoms with van der Waals surface area (Å²) in [5.74, 6) is -1.25. The van der Waals surface area contributed by atoms with Crippen molar-refractivity contribution in [3.8, 4) is 5.75 Å². The summed E-state index contributed by atoms with van der Waals surface area (Å²) < 4.78 is 64.2. The Morgan fingerprint density at radius 3 is 1.89 bits per heavy atom. The topological polar surface area (TPSA) is 114 Å². The van der Waals surface area contributed by atoms with Crippen molar-refractivity contribution in [2.24, 2.45) is 5.10 Å². The van der Waals surface area contributed by atoms with Gasteiger partial charge in [-0.15, -0.1) is 0 Å². The van der Waals surface area contributed by atoms with Crippen LogP contribution in [0.1, 0.15) is 27.0 Å². The zero-order chi connectivity index (χ0) is 26.5. The van der Waals surface area contributed by atoms with E-state index in [0.29, 0.717) is 10.6 Å². The van der Waals surface area contributed by atoms with Gasteiger partial charge in [-0.3, -0.25) is 10.1 Å². The summed E-state index contributed by atoms with van der Waals surface area (Å²) in [5, 5.41) is 6.55.